The van der Waals surface area contributed by atoms with Crippen LogP contribution in [0.5, 0.6) is 5.75 Å². The number of benzene rings is 2. The molecule has 1 aliphatic carbocycles. The lowest BCUT2D eigenvalue weighted by molar-refractivity contribution is -0.274. The van der Waals surface area contributed by atoms with Crippen LogP contribution in [0.4, 0.5) is 18.9 Å². The Kier molecular flexibility index (Phi) is 11.0. The molecule has 0 saturated heterocycles. The molecule has 0 bridgehead atoms. The molecule has 2 aromatic rings. The highest BCUT2D eigenvalue weighted by atomic mass is 32.2. The summed E-state index contributed by atoms with van der Waals surface area (Å²) in [5, 5.41) is 5.17. The summed E-state index contributed by atoms with van der Waals surface area (Å²) in [6.07, 6.45) is -0.198. The summed E-state index contributed by atoms with van der Waals surface area (Å²) in [5.74, 6) is -2.59. The highest BCUT2D eigenvalue weighted by Gasteiger charge is 2.34. The molecular formula is C27H35F3N4O5S2. The molecule has 0 aromatic heterocycles. The average Bonchev–Trinajstić information content (AvgIpc) is 2.93. The van der Waals surface area contributed by atoms with Crippen molar-refractivity contribution in [2.24, 2.45) is 0 Å². The lowest BCUT2D eigenvalue weighted by Gasteiger charge is -2.39. The van der Waals surface area contributed by atoms with Gasteiger partial charge in [0.1, 0.15) is 11.6 Å². The van der Waals surface area contributed by atoms with E-state index in [2.05, 4.69) is 15.4 Å². The van der Waals surface area contributed by atoms with Crippen molar-refractivity contribution >= 4 is 39.1 Å². The molecule has 0 spiro atoms. The predicted molar refractivity (Wildman–Crippen MR) is 152 cm³/mol. The van der Waals surface area contributed by atoms with E-state index in [0.717, 1.165) is 29.9 Å². The standard InChI is InChI=1S/C27H35F3N4O5S2/c1-31-24-13-8-20(39-27(28,29)30)15-23(24)26(36)32-16-25(35)34(19-7-5-6-18(14-19)33(2)3)17-41(37,38)22-11-9-21(40-4)10-12-22/h8-13,15,18-19,31H,5-7,14,16-17H2,1-4H3,(H,32,36). The first-order chi connectivity index (χ1) is 19.2. The van der Waals surface area contributed by atoms with Crippen LogP contribution in [0.1, 0.15) is 36.0 Å². The fraction of sp³-hybridized carbons (Fsp3) is 0.481. The van der Waals surface area contributed by atoms with Gasteiger partial charge in [0.25, 0.3) is 5.91 Å². The number of carbonyl (C=O) groups is 2. The number of ether oxygens (including phenoxy) is 1. The van der Waals surface area contributed by atoms with E-state index in [9.17, 15) is 31.2 Å². The molecule has 2 aromatic carbocycles. The van der Waals surface area contributed by atoms with Crippen molar-refractivity contribution in [1.82, 2.24) is 15.1 Å². The van der Waals surface area contributed by atoms with Gasteiger partial charge in [0.05, 0.1) is 17.0 Å². The maximum atomic E-state index is 13.5. The molecule has 3 rings (SSSR count). The van der Waals surface area contributed by atoms with Crippen LogP contribution in [0.25, 0.3) is 0 Å². The van der Waals surface area contributed by atoms with Crippen LogP contribution >= 0.6 is 11.8 Å². The molecule has 226 valence electrons. The predicted octanol–water partition coefficient (Wildman–Crippen LogP) is 4.21. The lowest BCUT2D eigenvalue weighted by atomic mass is 9.89. The number of sulfone groups is 1. The van der Waals surface area contributed by atoms with E-state index in [1.54, 1.807) is 12.1 Å². The molecule has 1 saturated carbocycles. The number of alkyl halides is 3. The second kappa shape index (κ2) is 13.8. The number of nitrogens with one attached hydrogen (secondary N) is 2. The van der Waals surface area contributed by atoms with Gasteiger partial charge < -0.3 is 25.2 Å². The van der Waals surface area contributed by atoms with Gasteiger partial charge in [-0.15, -0.1) is 24.9 Å². The average molecular weight is 617 g/mol. The van der Waals surface area contributed by atoms with Gasteiger partial charge in [-0.1, -0.05) is 0 Å². The van der Waals surface area contributed by atoms with Gasteiger partial charge >= 0.3 is 6.36 Å². The van der Waals surface area contributed by atoms with Crippen molar-refractivity contribution in [3.63, 3.8) is 0 Å². The van der Waals surface area contributed by atoms with Gasteiger partial charge in [-0.3, -0.25) is 9.59 Å². The number of anilines is 1. The van der Waals surface area contributed by atoms with Gasteiger partial charge in [-0.05, 0) is 88.5 Å². The van der Waals surface area contributed by atoms with E-state index in [1.807, 2.05) is 25.3 Å². The van der Waals surface area contributed by atoms with E-state index < -0.39 is 46.2 Å². The van der Waals surface area contributed by atoms with Crippen molar-refractivity contribution in [1.29, 1.82) is 0 Å². The second-order valence-electron chi connectivity index (χ2n) is 9.91. The molecule has 0 radical (unpaired) electrons. The molecule has 2 atom stereocenters. The van der Waals surface area contributed by atoms with E-state index >= 15 is 0 Å². The van der Waals surface area contributed by atoms with E-state index in [4.69, 9.17) is 0 Å². The maximum Gasteiger partial charge on any atom is 0.573 e. The molecule has 41 heavy (non-hydrogen) atoms. The topological polar surface area (TPSA) is 108 Å². The van der Waals surface area contributed by atoms with Crippen molar-refractivity contribution < 1.29 is 35.9 Å². The zero-order chi connectivity index (χ0) is 30.4. The minimum Gasteiger partial charge on any atom is -0.406 e. The summed E-state index contributed by atoms with van der Waals surface area (Å²) in [4.78, 5) is 30.8. The number of amides is 2. The third-order valence-corrected chi connectivity index (χ3v) is 9.33. The molecular weight excluding hydrogens is 581 g/mol. The molecule has 2 amide bonds. The third kappa shape index (κ3) is 9.01. The summed E-state index contributed by atoms with van der Waals surface area (Å²) in [6, 6.07) is 9.41. The Morgan fingerprint density at radius 2 is 1.73 bits per heavy atom. The van der Waals surface area contributed by atoms with E-state index in [0.29, 0.717) is 12.8 Å². The smallest absolute Gasteiger partial charge is 0.406 e. The van der Waals surface area contributed by atoms with Gasteiger partial charge in [-0.2, -0.15) is 0 Å². The van der Waals surface area contributed by atoms with Crippen molar-refractivity contribution in [2.75, 3.05) is 45.1 Å². The number of carbonyl (C=O) groups excluding carboxylic acids is 2. The number of halogens is 3. The fourth-order valence-corrected chi connectivity index (χ4v) is 6.62. The second-order valence-corrected chi connectivity index (χ2v) is 12.7. The lowest BCUT2D eigenvalue weighted by Crippen LogP contribution is -2.51. The van der Waals surface area contributed by atoms with Crippen LogP contribution in [-0.4, -0.2) is 88.3 Å². The Morgan fingerprint density at radius 1 is 1.07 bits per heavy atom. The quantitative estimate of drug-likeness (QED) is 0.362. The SMILES string of the molecule is CNc1ccc(OC(F)(F)F)cc1C(=O)NCC(=O)N(CS(=O)(=O)c1ccc(SC)cc1)C1CCCC(N(C)C)C1. The number of hydrogen-bond donors (Lipinski definition) is 2. The van der Waals surface area contributed by atoms with E-state index in [1.165, 1.54) is 41.9 Å². The molecule has 0 aliphatic heterocycles. The Morgan fingerprint density at radius 3 is 2.32 bits per heavy atom. The van der Waals surface area contributed by atoms with Gasteiger partial charge in [-0.25, -0.2) is 8.42 Å². The first-order valence-corrected chi connectivity index (χ1v) is 15.8. The minimum atomic E-state index is -4.95. The number of rotatable bonds is 11. The number of nitrogens with zero attached hydrogens (tertiary/aromatic N) is 2. The van der Waals surface area contributed by atoms with Crippen molar-refractivity contribution in [3.05, 3.63) is 48.0 Å². The normalized spacial score (nSPS) is 17.7. The van der Waals surface area contributed by atoms with Crippen LogP contribution in [-0.2, 0) is 14.6 Å². The number of hydrogen-bond acceptors (Lipinski definition) is 8. The van der Waals surface area contributed by atoms with Crippen LogP contribution < -0.4 is 15.4 Å². The molecule has 0 heterocycles. The Bertz CT molecular complexity index is 1320. The number of thioether (sulfide) groups is 1. The van der Waals surface area contributed by atoms with Gasteiger partial charge in [0.15, 0.2) is 9.84 Å². The largest absolute Gasteiger partial charge is 0.573 e. The monoisotopic (exact) mass is 616 g/mol. The Labute approximate surface area is 242 Å². The molecule has 9 nitrogen and oxygen atoms in total. The molecule has 1 aliphatic rings. The van der Waals surface area contributed by atoms with Crippen LogP contribution in [0.15, 0.2) is 52.3 Å². The summed E-state index contributed by atoms with van der Waals surface area (Å²) in [5.41, 5.74) is 0.0548. The van der Waals surface area contributed by atoms with Crippen LogP contribution in [0, 0.1) is 0 Å². The van der Waals surface area contributed by atoms with Crippen LogP contribution in [0.2, 0.25) is 0 Å². The summed E-state index contributed by atoms with van der Waals surface area (Å²) < 4.78 is 68.8. The fourth-order valence-electron chi connectivity index (χ4n) is 4.79. The van der Waals surface area contributed by atoms with Gasteiger partial charge in [0.2, 0.25) is 5.91 Å². The first kappa shape index (κ1) is 32.5. The third-order valence-electron chi connectivity index (χ3n) is 6.98. The Hall–Kier alpha value is -2.97. The highest BCUT2D eigenvalue weighted by molar-refractivity contribution is 7.98. The minimum absolute atomic E-state index is 0.0808. The Balaban J connectivity index is 1.83. The molecule has 2 unspecified atom stereocenters. The molecule has 1 fully saturated rings. The first-order valence-electron chi connectivity index (χ1n) is 12.9. The zero-order valence-electron chi connectivity index (χ0n) is 23.3. The summed E-state index contributed by atoms with van der Waals surface area (Å²) in [6.45, 7) is -0.545. The maximum absolute atomic E-state index is 13.5. The van der Waals surface area contributed by atoms with Gasteiger partial charge in [0, 0.05) is 29.7 Å². The van der Waals surface area contributed by atoms with E-state index in [-0.39, 0.29) is 28.2 Å². The highest BCUT2D eigenvalue weighted by Crippen LogP contribution is 2.29. The van der Waals surface area contributed by atoms with Crippen LogP contribution in [0.3, 0.4) is 0 Å². The van der Waals surface area contributed by atoms with Crippen molar-refractivity contribution in [3.8, 4) is 5.75 Å². The van der Waals surface area contributed by atoms with Crippen molar-refractivity contribution in [2.45, 2.75) is 53.9 Å². The molecule has 14 heteroatoms. The summed E-state index contributed by atoms with van der Waals surface area (Å²) in [7, 11) is 1.45. The molecule has 2 N–H and O–H groups in total. The zero-order valence-corrected chi connectivity index (χ0v) is 25.0. The summed E-state index contributed by atoms with van der Waals surface area (Å²) >= 11 is 1.47.